The Balaban J connectivity index is 2.85. The molecule has 0 spiro atoms. The molecule has 0 saturated heterocycles. The molecule has 0 bridgehead atoms. The van der Waals surface area contributed by atoms with Gasteiger partial charge in [0.1, 0.15) is 0 Å². The summed E-state index contributed by atoms with van der Waals surface area (Å²) in [5, 5.41) is 2.87. The Hall–Kier alpha value is -0.780. The lowest BCUT2D eigenvalue weighted by atomic mass is 10.3. The molecule has 1 rings (SSSR count). The molecule has 1 atom stereocenters. The second-order valence-electron chi connectivity index (χ2n) is 4.25. The summed E-state index contributed by atoms with van der Waals surface area (Å²) in [6.45, 7) is 2.72. The number of benzene rings is 1. The number of rotatable bonds is 8. The first-order chi connectivity index (χ1) is 9.01. The van der Waals surface area contributed by atoms with Gasteiger partial charge < -0.3 is 10.1 Å². The average Bonchev–Trinajstić information content (AvgIpc) is 2.37. The SMILES string of the molecule is CCCS(=O)(=O)c1ccccc1NCC(Cl)COC. The van der Waals surface area contributed by atoms with Crippen LogP contribution in [0.4, 0.5) is 5.69 Å². The maximum absolute atomic E-state index is 12.1. The van der Waals surface area contributed by atoms with Crippen molar-refractivity contribution in [2.24, 2.45) is 0 Å². The predicted molar refractivity (Wildman–Crippen MR) is 78.8 cm³/mol. The first-order valence-corrected chi connectivity index (χ1v) is 8.28. The van der Waals surface area contributed by atoms with Crippen molar-refractivity contribution in [2.45, 2.75) is 23.6 Å². The lowest BCUT2D eigenvalue weighted by molar-refractivity contribution is 0.200. The van der Waals surface area contributed by atoms with Crippen LogP contribution in [0.3, 0.4) is 0 Å². The number of para-hydroxylation sites is 1. The molecule has 0 aromatic heterocycles. The van der Waals surface area contributed by atoms with Gasteiger partial charge in [0.2, 0.25) is 0 Å². The number of methoxy groups -OCH3 is 1. The fourth-order valence-electron chi connectivity index (χ4n) is 1.72. The van der Waals surface area contributed by atoms with Crippen molar-refractivity contribution >= 4 is 27.1 Å². The minimum atomic E-state index is -3.24. The Labute approximate surface area is 120 Å². The molecule has 0 aliphatic carbocycles. The highest BCUT2D eigenvalue weighted by atomic mass is 35.5. The Morgan fingerprint density at radius 1 is 1.37 bits per heavy atom. The van der Waals surface area contributed by atoms with Gasteiger partial charge in [-0.25, -0.2) is 8.42 Å². The summed E-state index contributed by atoms with van der Waals surface area (Å²) in [4.78, 5) is 0.332. The fourth-order valence-corrected chi connectivity index (χ4v) is 3.44. The Morgan fingerprint density at radius 2 is 2.05 bits per heavy atom. The first kappa shape index (κ1) is 16.3. The molecule has 0 radical (unpaired) electrons. The van der Waals surface area contributed by atoms with Crippen molar-refractivity contribution in [1.29, 1.82) is 0 Å². The average molecular weight is 306 g/mol. The van der Waals surface area contributed by atoms with Crippen LogP contribution >= 0.6 is 11.6 Å². The smallest absolute Gasteiger partial charge is 0.180 e. The quantitative estimate of drug-likeness (QED) is 0.750. The van der Waals surface area contributed by atoms with Crippen LogP contribution in [0.1, 0.15) is 13.3 Å². The molecule has 108 valence electrons. The number of alkyl halides is 1. The van der Waals surface area contributed by atoms with Gasteiger partial charge in [-0.2, -0.15) is 0 Å². The molecule has 1 aromatic rings. The zero-order chi connectivity index (χ0) is 14.3. The van der Waals surface area contributed by atoms with Crippen LogP contribution in [-0.4, -0.2) is 39.8 Å². The molecule has 0 aliphatic rings. The highest BCUT2D eigenvalue weighted by Gasteiger charge is 2.17. The predicted octanol–water partition coefficient (Wildman–Crippen LogP) is 2.54. The van der Waals surface area contributed by atoms with Crippen LogP contribution in [0.5, 0.6) is 0 Å². The van der Waals surface area contributed by atoms with Crippen LogP contribution in [0, 0.1) is 0 Å². The van der Waals surface area contributed by atoms with Gasteiger partial charge in [-0.15, -0.1) is 11.6 Å². The number of hydrogen-bond acceptors (Lipinski definition) is 4. The van der Waals surface area contributed by atoms with Crippen LogP contribution in [0.2, 0.25) is 0 Å². The zero-order valence-electron chi connectivity index (χ0n) is 11.2. The Morgan fingerprint density at radius 3 is 2.68 bits per heavy atom. The van der Waals surface area contributed by atoms with Gasteiger partial charge in [0, 0.05) is 13.7 Å². The van der Waals surface area contributed by atoms with Gasteiger partial charge in [-0.1, -0.05) is 19.1 Å². The third-order valence-electron chi connectivity index (χ3n) is 2.56. The van der Waals surface area contributed by atoms with Crippen LogP contribution in [0.15, 0.2) is 29.2 Å². The number of hydrogen-bond donors (Lipinski definition) is 1. The van der Waals surface area contributed by atoms with E-state index < -0.39 is 9.84 Å². The van der Waals surface area contributed by atoms with Crippen molar-refractivity contribution in [1.82, 2.24) is 0 Å². The van der Waals surface area contributed by atoms with E-state index in [9.17, 15) is 8.42 Å². The van der Waals surface area contributed by atoms with E-state index in [0.29, 0.717) is 30.2 Å². The van der Waals surface area contributed by atoms with Gasteiger partial charge in [-0.3, -0.25) is 0 Å². The molecule has 19 heavy (non-hydrogen) atoms. The normalized spacial score (nSPS) is 13.2. The summed E-state index contributed by atoms with van der Waals surface area (Å²) >= 11 is 6.02. The Kier molecular flexibility index (Phi) is 6.62. The largest absolute Gasteiger partial charge is 0.383 e. The Bertz CT molecular complexity index is 490. The summed E-state index contributed by atoms with van der Waals surface area (Å²) < 4.78 is 29.2. The van der Waals surface area contributed by atoms with Crippen molar-refractivity contribution in [3.8, 4) is 0 Å². The third kappa shape index (κ3) is 5.01. The third-order valence-corrected chi connectivity index (χ3v) is 4.81. The van der Waals surface area contributed by atoms with E-state index in [-0.39, 0.29) is 11.1 Å². The molecular weight excluding hydrogens is 286 g/mol. The van der Waals surface area contributed by atoms with E-state index in [0.717, 1.165) is 0 Å². The van der Waals surface area contributed by atoms with E-state index >= 15 is 0 Å². The van der Waals surface area contributed by atoms with Crippen LogP contribution in [0.25, 0.3) is 0 Å². The standard InChI is InChI=1S/C13H20ClNO3S/c1-3-8-19(16,17)13-7-5-4-6-12(13)15-9-11(14)10-18-2/h4-7,11,15H,3,8-10H2,1-2H3. The summed E-state index contributed by atoms with van der Waals surface area (Å²) in [5.41, 5.74) is 0.595. The molecular formula is C13H20ClNO3S. The van der Waals surface area contributed by atoms with Gasteiger partial charge in [0.15, 0.2) is 9.84 Å². The van der Waals surface area contributed by atoms with E-state index in [2.05, 4.69) is 5.32 Å². The highest BCUT2D eigenvalue weighted by molar-refractivity contribution is 7.91. The number of anilines is 1. The number of nitrogens with one attached hydrogen (secondary N) is 1. The zero-order valence-corrected chi connectivity index (χ0v) is 12.8. The van der Waals surface area contributed by atoms with Gasteiger partial charge in [0.25, 0.3) is 0 Å². The monoisotopic (exact) mass is 305 g/mol. The fraction of sp³-hybridized carbons (Fsp3) is 0.538. The van der Waals surface area contributed by atoms with E-state index in [1.807, 2.05) is 6.92 Å². The molecule has 6 heteroatoms. The molecule has 0 amide bonds. The van der Waals surface area contributed by atoms with Gasteiger partial charge in [-0.05, 0) is 18.6 Å². The second kappa shape index (κ2) is 7.72. The molecule has 1 aromatic carbocycles. The summed E-state index contributed by atoms with van der Waals surface area (Å²) in [7, 11) is -1.66. The van der Waals surface area contributed by atoms with Crippen molar-refractivity contribution in [3.63, 3.8) is 0 Å². The molecule has 0 saturated carbocycles. The summed E-state index contributed by atoms with van der Waals surface area (Å²) in [6.07, 6.45) is 0.596. The second-order valence-corrected chi connectivity index (χ2v) is 6.94. The molecule has 0 heterocycles. The molecule has 1 unspecified atom stereocenters. The first-order valence-electron chi connectivity index (χ1n) is 6.20. The minimum Gasteiger partial charge on any atom is -0.383 e. The summed E-state index contributed by atoms with van der Waals surface area (Å²) in [5.74, 6) is 0.147. The van der Waals surface area contributed by atoms with Crippen LogP contribution in [-0.2, 0) is 14.6 Å². The minimum absolute atomic E-state index is 0.147. The molecule has 4 nitrogen and oxygen atoms in total. The van der Waals surface area contributed by atoms with Crippen molar-refractivity contribution in [3.05, 3.63) is 24.3 Å². The van der Waals surface area contributed by atoms with Crippen molar-refractivity contribution < 1.29 is 13.2 Å². The maximum Gasteiger partial charge on any atom is 0.180 e. The van der Waals surface area contributed by atoms with Crippen LogP contribution < -0.4 is 5.32 Å². The number of ether oxygens (including phenoxy) is 1. The van der Waals surface area contributed by atoms with E-state index in [1.165, 1.54) is 0 Å². The number of halogens is 1. The topological polar surface area (TPSA) is 55.4 Å². The summed E-state index contributed by atoms with van der Waals surface area (Å²) in [6, 6.07) is 6.89. The lowest BCUT2D eigenvalue weighted by Crippen LogP contribution is -2.20. The highest BCUT2D eigenvalue weighted by Crippen LogP contribution is 2.22. The maximum atomic E-state index is 12.1. The van der Waals surface area contributed by atoms with E-state index in [1.54, 1.807) is 31.4 Å². The van der Waals surface area contributed by atoms with Crippen molar-refractivity contribution in [2.75, 3.05) is 31.3 Å². The molecule has 0 fully saturated rings. The van der Waals surface area contributed by atoms with Gasteiger partial charge in [0.05, 0.1) is 28.3 Å². The number of sulfone groups is 1. The molecule has 1 N–H and O–H groups in total. The molecule has 0 aliphatic heterocycles. The van der Waals surface area contributed by atoms with E-state index in [4.69, 9.17) is 16.3 Å². The van der Waals surface area contributed by atoms with Gasteiger partial charge >= 0.3 is 0 Å². The lowest BCUT2D eigenvalue weighted by Gasteiger charge is -2.14.